The van der Waals surface area contributed by atoms with E-state index in [0.717, 1.165) is 9.87 Å². The molecule has 0 aliphatic rings. The quantitative estimate of drug-likeness (QED) is 0.658. The Morgan fingerprint density at radius 3 is 2.07 bits per heavy atom. The molecule has 1 aromatic heterocycles. The predicted molar refractivity (Wildman–Crippen MR) is 106 cm³/mol. The third-order valence-corrected chi connectivity index (χ3v) is 7.78. The van der Waals surface area contributed by atoms with Crippen molar-refractivity contribution in [2.24, 2.45) is 0 Å². The van der Waals surface area contributed by atoms with E-state index < -0.39 is 20.0 Å². The van der Waals surface area contributed by atoms with Crippen LogP contribution in [-0.2, 0) is 20.0 Å². The normalized spacial score (nSPS) is 12.3. The monoisotopic (exact) mass is 423 g/mol. The fourth-order valence-corrected chi connectivity index (χ4v) is 5.11. The third-order valence-electron chi connectivity index (χ3n) is 3.71. The van der Waals surface area contributed by atoms with E-state index in [1.165, 1.54) is 49.7 Å². The van der Waals surface area contributed by atoms with Crippen LogP contribution in [0.3, 0.4) is 0 Å². The molecule has 0 aliphatic heterocycles. The van der Waals surface area contributed by atoms with Gasteiger partial charge in [0.05, 0.1) is 15.5 Å². The lowest BCUT2D eigenvalue weighted by atomic mass is 10.2. The molecule has 0 spiro atoms. The lowest BCUT2D eigenvalue weighted by Crippen LogP contribution is -2.22. The molecule has 3 aromatic rings. The molecule has 0 saturated carbocycles. The lowest BCUT2D eigenvalue weighted by molar-refractivity contribution is 0.520. The molecule has 0 saturated heterocycles. The van der Waals surface area contributed by atoms with Crippen LogP contribution in [-0.4, -0.2) is 40.2 Å². The van der Waals surface area contributed by atoms with E-state index in [-0.39, 0.29) is 14.9 Å². The van der Waals surface area contributed by atoms with Gasteiger partial charge >= 0.3 is 0 Å². The molecule has 0 aliphatic carbocycles. The van der Waals surface area contributed by atoms with Gasteiger partial charge < -0.3 is 0 Å². The molecular formula is C17H17N3O4S3. The van der Waals surface area contributed by atoms with Crippen LogP contribution in [0.2, 0.25) is 0 Å². The van der Waals surface area contributed by atoms with Gasteiger partial charge in [-0.3, -0.25) is 4.72 Å². The van der Waals surface area contributed by atoms with E-state index in [4.69, 9.17) is 0 Å². The van der Waals surface area contributed by atoms with Crippen LogP contribution in [0.15, 0.2) is 69.8 Å². The van der Waals surface area contributed by atoms with Gasteiger partial charge in [0.2, 0.25) is 10.0 Å². The summed E-state index contributed by atoms with van der Waals surface area (Å²) in [5.74, 6) is 0. The number of nitrogens with zero attached hydrogens (tertiary/aromatic N) is 2. The number of hydrogen-bond acceptors (Lipinski definition) is 6. The van der Waals surface area contributed by atoms with E-state index in [1.807, 2.05) is 30.3 Å². The van der Waals surface area contributed by atoms with Crippen LogP contribution >= 0.6 is 11.3 Å². The largest absolute Gasteiger partial charge is 0.263 e. The Kier molecular flexibility index (Phi) is 5.33. The first-order valence-corrected chi connectivity index (χ1v) is 11.6. The van der Waals surface area contributed by atoms with Crippen LogP contribution in [0.5, 0.6) is 0 Å². The minimum Gasteiger partial charge on any atom is -0.255 e. The van der Waals surface area contributed by atoms with Crippen molar-refractivity contribution in [2.75, 3.05) is 18.8 Å². The molecule has 142 valence electrons. The second-order valence-electron chi connectivity index (χ2n) is 5.77. The summed E-state index contributed by atoms with van der Waals surface area (Å²) in [5, 5.41) is 2.00. The molecule has 1 N–H and O–H groups in total. The number of rotatable bonds is 6. The van der Waals surface area contributed by atoms with Gasteiger partial charge in [0, 0.05) is 25.0 Å². The van der Waals surface area contributed by atoms with Crippen molar-refractivity contribution in [1.82, 2.24) is 9.29 Å². The fraction of sp³-hybridized carbons (Fsp3) is 0.118. The second kappa shape index (κ2) is 7.39. The van der Waals surface area contributed by atoms with E-state index in [9.17, 15) is 16.8 Å². The summed E-state index contributed by atoms with van der Waals surface area (Å²) in [4.78, 5) is 4.27. The van der Waals surface area contributed by atoms with E-state index in [2.05, 4.69) is 9.71 Å². The van der Waals surface area contributed by atoms with Crippen LogP contribution < -0.4 is 4.72 Å². The Hall–Kier alpha value is -2.27. The molecule has 3 rings (SSSR count). The SMILES string of the molecule is CN(C)S(=O)(=O)c1ccc(S(=O)(=O)Nc2nc(-c3ccccc3)cs2)cc1. The maximum Gasteiger partial charge on any atom is 0.263 e. The molecular weight excluding hydrogens is 406 g/mol. The van der Waals surface area contributed by atoms with Crippen molar-refractivity contribution >= 4 is 36.5 Å². The topological polar surface area (TPSA) is 96.4 Å². The summed E-state index contributed by atoms with van der Waals surface area (Å²) in [7, 11) is -4.67. The van der Waals surface area contributed by atoms with Crippen LogP contribution in [0.1, 0.15) is 0 Å². The molecule has 0 amide bonds. The van der Waals surface area contributed by atoms with Crippen molar-refractivity contribution < 1.29 is 16.8 Å². The van der Waals surface area contributed by atoms with Gasteiger partial charge in [-0.2, -0.15) is 0 Å². The summed E-state index contributed by atoms with van der Waals surface area (Å²) in [6.45, 7) is 0. The first-order chi connectivity index (χ1) is 12.7. The first kappa shape index (κ1) is 19.5. The predicted octanol–water partition coefficient (Wildman–Crippen LogP) is 2.86. The standard InChI is InChI=1S/C17H17N3O4S3/c1-20(2)27(23,24)15-10-8-14(9-11-15)26(21,22)19-17-18-16(12-25-17)13-6-4-3-5-7-13/h3-12H,1-2H3,(H,18,19). The van der Waals surface area contributed by atoms with Gasteiger partial charge in [0.25, 0.3) is 10.0 Å². The van der Waals surface area contributed by atoms with Gasteiger partial charge in [0.1, 0.15) is 0 Å². The number of thiazole rings is 1. The molecule has 0 fully saturated rings. The Morgan fingerprint density at radius 1 is 0.889 bits per heavy atom. The van der Waals surface area contributed by atoms with E-state index >= 15 is 0 Å². The highest BCUT2D eigenvalue weighted by Gasteiger charge is 2.20. The number of nitrogens with one attached hydrogen (secondary N) is 1. The van der Waals surface area contributed by atoms with E-state index in [1.54, 1.807) is 5.38 Å². The average Bonchev–Trinajstić information content (AvgIpc) is 3.10. The highest BCUT2D eigenvalue weighted by atomic mass is 32.2. The highest BCUT2D eigenvalue weighted by Crippen LogP contribution is 2.26. The van der Waals surface area contributed by atoms with Gasteiger partial charge in [-0.15, -0.1) is 11.3 Å². The Bertz CT molecular complexity index is 1140. The summed E-state index contributed by atoms with van der Waals surface area (Å²) >= 11 is 1.17. The number of benzene rings is 2. The zero-order valence-electron chi connectivity index (χ0n) is 14.5. The molecule has 0 radical (unpaired) electrons. The molecule has 0 bridgehead atoms. The van der Waals surface area contributed by atoms with Crippen LogP contribution in [0.25, 0.3) is 11.3 Å². The smallest absolute Gasteiger partial charge is 0.255 e. The molecule has 0 unspecified atom stereocenters. The Balaban J connectivity index is 1.82. The number of sulfonamides is 2. The minimum atomic E-state index is -3.88. The van der Waals surface area contributed by atoms with Gasteiger partial charge in [-0.1, -0.05) is 30.3 Å². The minimum absolute atomic E-state index is 0.0204. The summed E-state index contributed by atoms with van der Waals surface area (Å²) in [6.07, 6.45) is 0. The second-order valence-corrected chi connectivity index (χ2v) is 10.5. The highest BCUT2D eigenvalue weighted by molar-refractivity contribution is 7.93. The molecule has 2 aromatic carbocycles. The van der Waals surface area contributed by atoms with Crippen molar-refractivity contribution in [3.05, 3.63) is 60.0 Å². The zero-order valence-corrected chi connectivity index (χ0v) is 17.0. The number of aromatic nitrogens is 1. The molecule has 27 heavy (non-hydrogen) atoms. The van der Waals surface area contributed by atoms with Gasteiger partial charge in [-0.05, 0) is 24.3 Å². The summed E-state index contributed by atoms with van der Waals surface area (Å²) in [5.41, 5.74) is 1.56. The zero-order chi connectivity index (χ0) is 19.7. The number of hydrogen-bond donors (Lipinski definition) is 1. The van der Waals surface area contributed by atoms with E-state index in [0.29, 0.717) is 5.69 Å². The fourth-order valence-electron chi connectivity index (χ4n) is 2.24. The molecule has 0 atom stereocenters. The van der Waals surface area contributed by atoms with Crippen LogP contribution in [0, 0.1) is 0 Å². The lowest BCUT2D eigenvalue weighted by Gasteiger charge is -2.11. The van der Waals surface area contributed by atoms with Crippen molar-refractivity contribution in [1.29, 1.82) is 0 Å². The molecule has 7 nitrogen and oxygen atoms in total. The van der Waals surface area contributed by atoms with Crippen LogP contribution in [0.4, 0.5) is 5.13 Å². The summed E-state index contributed by atoms with van der Waals surface area (Å²) in [6, 6.07) is 14.5. The summed E-state index contributed by atoms with van der Waals surface area (Å²) < 4.78 is 52.7. The Morgan fingerprint density at radius 2 is 1.48 bits per heavy atom. The maximum atomic E-state index is 12.5. The first-order valence-electron chi connectivity index (χ1n) is 7.76. The van der Waals surface area contributed by atoms with Crippen molar-refractivity contribution in [2.45, 2.75) is 9.79 Å². The van der Waals surface area contributed by atoms with Gasteiger partial charge in [-0.25, -0.2) is 26.1 Å². The van der Waals surface area contributed by atoms with Crippen molar-refractivity contribution in [3.8, 4) is 11.3 Å². The average molecular weight is 424 g/mol. The molecule has 1 heterocycles. The Labute approximate surface area is 162 Å². The molecule has 10 heteroatoms. The van der Waals surface area contributed by atoms with Crippen molar-refractivity contribution in [3.63, 3.8) is 0 Å². The third kappa shape index (κ3) is 4.19. The van der Waals surface area contributed by atoms with Gasteiger partial charge in [0.15, 0.2) is 5.13 Å². The number of anilines is 1. The maximum absolute atomic E-state index is 12.5.